The fourth-order valence-corrected chi connectivity index (χ4v) is 2.70. The Morgan fingerprint density at radius 2 is 2.26 bits per heavy atom. The number of non-ortho nitro benzene ring substituents is 1. The van der Waals surface area contributed by atoms with Gasteiger partial charge in [0.25, 0.3) is 5.69 Å². The van der Waals surface area contributed by atoms with Crippen molar-refractivity contribution in [3.63, 3.8) is 0 Å². The highest BCUT2D eigenvalue weighted by Gasteiger charge is 2.26. The molecule has 1 atom stereocenters. The molecule has 0 amide bonds. The van der Waals surface area contributed by atoms with E-state index < -0.39 is 0 Å². The molecule has 1 aliphatic rings. The van der Waals surface area contributed by atoms with Gasteiger partial charge in [0.15, 0.2) is 0 Å². The molecule has 0 saturated carbocycles. The number of nitrogens with zero attached hydrogens (tertiary/aromatic N) is 3. The fraction of sp³-hybridized carbons (Fsp3) is 0.538. The molecular weight excluding hydrogens is 266 g/mol. The standard InChI is InChI=1S/C13H18ClN3O2/c1-15(2)12-5-6-16(9-12)13-4-3-11(17(18)19)7-10(13)8-14/h3-4,7,12H,5-6,8-9H2,1-2H3. The van der Waals surface area contributed by atoms with E-state index in [1.807, 2.05) is 6.07 Å². The van der Waals surface area contributed by atoms with E-state index >= 15 is 0 Å². The molecule has 0 bridgehead atoms. The Hall–Kier alpha value is -1.33. The van der Waals surface area contributed by atoms with E-state index in [0.29, 0.717) is 11.9 Å². The summed E-state index contributed by atoms with van der Waals surface area (Å²) >= 11 is 5.93. The Balaban J connectivity index is 2.23. The van der Waals surface area contributed by atoms with Crippen molar-refractivity contribution >= 4 is 23.0 Å². The van der Waals surface area contributed by atoms with Crippen LogP contribution in [0.5, 0.6) is 0 Å². The van der Waals surface area contributed by atoms with Gasteiger partial charge in [-0.1, -0.05) is 0 Å². The summed E-state index contributed by atoms with van der Waals surface area (Å²) in [5.41, 5.74) is 1.95. The second-order valence-corrected chi connectivity index (χ2v) is 5.32. The summed E-state index contributed by atoms with van der Waals surface area (Å²) in [5.74, 6) is 0.292. The molecule has 6 heteroatoms. The zero-order chi connectivity index (χ0) is 14.0. The van der Waals surface area contributed by atoms with Crippen LogP contribution in [0.1, 0.15) is 12.0 Å². The molecule has 1 aromatic rings. The van der Waals surface area contributed by atoms with E-state index in [-0.39, 0.29) is 10.6 Å². The van der Waals surface area contributed by atoms with Gasteiger partial charge in [-0.3, -0.25) is 10.1 Å². The van der Waals surface area contributed by atoms with Crippen molar-refractivity contribution in [1.29, 1.82) is 0 Å². The van der Waals surface area contributed by atoms with Crippen LogP contribution >= 0.6 is 11.6 Å². The molecular formula is C13H18ClN3O2. The van der Waals surface area contributed by atoms with Crippen LogP contribution in [0.3, 0.4) is 0 Å². The summed E-state index contributed by atoms with van der Waals surface area (Å²) in [6, 6.07) is 5.46. The smallest absolute Gasteiger partial charge is 0.269 e. The molecule has 1 fully saturated rings. The minimum atomic E-state index is -0.383. The van der Waals surface area contributed by atoms with Crippen LogP contribution < -0.4 is 4.90 Å². The van der Waals surface area contributed by atoms with Gasteiger partial charge in [0.05, 0.1) is 4.92 Å². The summed E-state index contributed by atoms with van der Waals surface area (Å²) in [5, 5.41) is 10.8. The van der Waals surface area contributed by atoms with Crippen LogP contribution in [0, 0.1) is 10.1 Å². The number of likely N-dealkylation sites (N-methyl/N-ethyl adjacent to an activating group) is 1. The maximum absolute atomic E-state index is 10.8. The first-order valence-electron chi connectivity index (χ1n) is 6.27. The van der Waals surface area contributed by atoms with E-state index in [2.05, 4.69) is 23.9 Å². The maximum Gasteiger partial charge on any atom is 0.269 e. The van der Waals surface area contributed by atoms with Crippen molar-refractivity contribution in [2.45, 2.75) is 18.3 Å². The van der Waals surface area contributed by atoms with Crippen LogP contribution in [0.15, 0.2) is 18.2 Å². The van der Waals surface area contributed by atoms with Gasteiger partial charge >= 0.3 is 0 Å². The molecule has 19 heavy (non-hydrogen) atoms. The Morgan fingerprint density at radius 1 is 1.53 bits per heavy atom. The highest BCUT2D eigenvalue weighted by atomic mass is 35.5. The molecule has 0 spiro atoms. The van der Waals surface area contributed by atoms with Gasteiger partial charge in [-0.25, -0.2) is 0 Å². The van der Waals surface area contributed by atoms with Crippen LogP contribution in [-0.4, -0.2) is 43.0 Å². The first-order chi connectivity index (χ1) is 9.02. The Bertz CT molecular complexity index is 479. The molecule has 1 unspecified atom stereocenters. The molecule has 2 rings (SSSR count). The Kier molecular flexibility index (Phi) is 4.27. The summed E-state index contributed by atoms with van der Waals surface area (Å²) < 4.78 is 0. The van der Waals surface area contributed by atoms with E-state index in [0.717, 1.165) is 30.8 Å². The SMILES string of the molecule is CN(C)C1CCN(c2ccc([N+](=O)[O-])cc2CCl)C1. The van der Waals surface area contributed by atoms with Gasteiger partial charge in [0, 0.05) is 42.8 Å². The normalized spacial score (nSPS) is 19.2. The summed E-state index contributed by atoms with van der Waals surface area (Å²) in [6.07, 6.45) is 1.10. The number of halogens is 1. The quantitative estimate of drug-likeness (QED) is 0.484. The number of alkyl halides is 1. The van der Waals surface area contributed by atoms with Crippen molar-refractivity contribution < 1.29 is 4.92 Å². The zero-order valence-electron chi connectivity index (χ0n) is 11.2. The highest BCUT2D eigenvalue weighted by Crippen LogP contribution is 2.30. The summed E-state index contributed by atoms with van der Waals surface area (Å²) in [4.78, 5) is 14.9. The third-order valence-corrected chi connectivity index (χ3v) is 3.94. The van der Waals surface area contributed by atoms with Gasteiger partial charge in [-0.2, -0.15) is 0 Å². The second-order valence-electron chi connectivity index (χ2n) is 5.06. The number of benzene rings is 1. The van der Waals surface area contributed by atoms with Crippen molar-refractivity contribution in [3.8, 4) is 0 Å². The molecule has 0 aliphatic carbocycles. The molecule has 5 nitrogen and oxygen atoms in total. The minimum absolute atomic E-state index is 0.0998. The van der Waals surface area contributed by atoms with Crippen LogP contribution in [0.25, 0.3) is 0 Å². The van der Waals surface area contributed by atoms with Crippen molar-refractivity contribution in [3.05, 3.63) is 33.9 Å². The van der Waals surface area contributed by atoms with Crippen LogP contribution in [-0.2, 0) is 5.88 Å². The first kappa shape index (κ1) is 14.1. The molecule has 1 aromatic carbocycles. The highest BCUT2D eigenvalue weighted by molar-refractivity contribution is 6.17. The predicted octanol–water partition coefficient (Wildman–Crippen LogP) is 2.47. The van der Waals surface area contributed by atoms with Crippen LogP contribution in [0.2, 0.25) is 0 Å². The molecule has 0 radical (unpaired) electrons. The molecule has 0 aromatic heterocycles. The van der Waals surface area contributed by atoms with Crippen LogP contribution in [0.4, 0.5) is 11.4 Å². The van der Waals surface area contributed by atoms with E-state index in [1.165, 1.54) is 0 Å². The average Bonchev–Trinajstić information content (AvgIpc) is 2.87. The average molecular weight is 284 g/mol. The lowest BCUT2D eigenvalue weighted by Crippen LogP contribution is -2.31. The third kappa shape index (κ3) is 2.98. The monoisotopic (exact) mass is 283 g/mol. The van der Waals surface area contributed by atoms with Crippen molar-refractivity contribution in [2.75, 3.05) is 32.1 Å². The topological polar surface area (TPSA) is 49.6 Å². The van der Waals surface area contributed by atoms with Gasteiger partial charge < -0.3 is 9.80 Å². The summed E-state index contributed by atoms with van der Waals surface area (Å²) in [6.45, 7) is 1.90. The van der Waals surface area contributed by atoms with Gasteiger partial charge in [-0.05, 0) is 32.1 Å². The lowest BCUT2D eigenvalue weighted by molar-refractivity contribution is -0.384. The predicted molar refractivity (Wildman–Crippen MR) is 77.0 cm³/mol. The largest absolute Gasteiger partial charge is 0.370 e. The van der Waals surface area contributed by atoms with Gasteiger partial charge in [-0.15, -0.1) is 11.6 Å². The second kappa shape index (κ2) is 5.75. The third-order valence-electron chi connectivity index (χ3n) is 3.65. The molecule has 1 saturated heterocycles. The number of hydrogen-bond donors (Lipinski definition) is 0. The zero-order valence-corrected chi connectivity index (χ0v) is 11.9. The van der Waals surface area contributed by atoms with Crippen molar-refractivity contribution in [2.24, 2.45) is 0 Å². The number of nitro groups is 1. The molecule has 1 heterocycles. The minimum Gasteiger partial charge on any atom is -0.370 e. The Morgan fingerprint density at radius 3 is 2.79 bits per heavy atom. The summed E-state index contributed by atoms with van der Waals surface area (Å²) in [7, 11) is 4.15. The molecule has 0 N–H and O–H groups in total. The molecule has 1 aliphatic heterocycles. The number of nitro benzene ring substituents is 1. The lowest BCUT2D eigenvalue weighted by Gasteiger charge is -2.23. The maximum atomic E-state index is 10.8. The van der Waals surface area contributed by atoms with Crippen molar-refractivity contribution in [1.82, 2.24) is 4.90 Å². The molecule has 104 valence electrons. The Labute approximate surface area is 117 Å². The van der Waals surface area contributed by atoms with E-state index in [9.17, 15) is 10.1 Å². The number of hydrogen-bond acceptors (Lipinski definition) is 4. The van der Waals surface area contributed by atoms with E-state index in [4.69, 9.17) is 11.6 Å². The number of rotatable bonds is 4. The van der Waals surface area contributed by atoms with Gasteiger partial charge in [0.2, 0.25) is 0 Å². The fourth-order valence-electron chi connectivity index (χ4n) is 2.48. The number of anilines is 1. The van der Waals surface area contributed by atoms with E-state index in [1.54, 1.807) is 12.1 Å². The lowest BCUT2D eigenvalue weighted by atomic mass is 10.1. The van der Waals surface area contributed by atoms with Gasteiger partial charge in [0.1, 0.15) is 0 Å². The first-order valence-corrected chi connectivity index (χ1v) is 6.81.